The minimum Gasteiger partial charge on any atom is -0.493 e. The van der Waals surface area contributed by atoms with E-state index >= 15 is 0 Å². The molecule has 0 heterocycles. The largest absolute Gasteiger partial charge is 0.493 e. The summed E-state index contributed by atoms with van der Waals surface area (Å²) in [5.74, 6) is 0.607. The van der Waals surface area contributed by atoms with Crippen molar-refractivity contribution in [1.29, 1.82) is 0 Å². The molecule has 1 unspecified atom stereocenters. The molecule has 25 heavy (non-hydrogen) atoms. The number of hydrogen-bond acceptors (Lipinski definition) is 4. The van der Waals surface area contributed by atoms with E-state index in [-0.39, 0.29) is 12.5 Å². The number of hydrogen-bond donors (Lipinski definition) is 2. The number of carboxylic acids is 1. The molecule has 5 heteroatoms. The van der Waals surface area contributed by atoms with Gasteiger partial charge in [0.05, 0.1) is 14.2 Å². The molecule has 1 atom stereocenters. The Morgan fingerprint density at radius 3 is 2.40 bits per heavy atom. The molecule has 0 fully saturated rings. The number of rotatable bonds is 10. The lowest BCUT2D eigenvalue weighted by atomic mass is 10.0. The Kier molecular flexibility index (Phi) is 7.29. The van der Waals surface area contributed by atoms with E-state index in [4.69, 9.17) is 14.6 Å². The summed E-state index contributed by atoms with van der Waals surface area (Å²) in [7, 11) is 3.22. The van der Waals surface area contributed by atoms with E-state index in [0.717, 1.165) is 12.0 Å². The van der Waals surface area contributed by atoms with Crippen LogP contribution in [-0.2, 0) is 17.8 Å². The Hall–Kier alpha value is -2.53. The first-order valence-corrected chi connectivity index (χ1v) is 8.32. The van der Waals surface area contributed by atoms with Crippen LogP contribution in [0.4, 0.5) is 0 Å². The number of carbonyl (C=O) groups is 1. The average molecular weight is 343 g/mol. The average Bonchev–Trinajstić information content (AvgIpc) is 2.64. The zero-order valence-electron chi connectivity index (χ0n) is 14.7. The second kappa shape index (κ2) is 9.69. The zero-order valence-corrected chi connectivity index (χ0v) is 14.7. The van der Waals surface area contributed by atoms with E-state index in [2.05, 4.69) is 17.4 Å². The molecular formula is C20H25NO4. The fraction of sp³-hybridized carbons (Fsp3) is 0.350. The summed E-state index contributed by atoms with van der Waals surface area (Å²) in [6.45, 7) is 0.636. The highest BCUT2D eigenvalue weighted by molar-refractivity contribution is 5.66. The molecule has 0 aliphatic heterocycles. The van der Waals surface area contributed by atoms with Crippen molar-refractivity contribution < 1.29 is 19.4 Å². The van der Waals surface area contributed by atoms with Crippen LogP contribution in [-0.4, -0.2) is 31.3 Å². The smallest absolute Gasteiger partial charge is 0.303 e. The molecule has 5 nitrogen and oxygen atoms in total. The second-order valence-corrected chi connectivity index (χ2v) is 5.89. The standard InChI is InChI=1S/C20H25NO4/c1-24-18-10-8-16(13-19(18)25-2)14-21-17(9-11-20(22)23)12-15-6-4-3-5-7-15/h3-8,10,13,17,21H,9,11-12,14H2,1-2H3,(H,22,23). The number of nitrogens with one attached hydrogen (secondary N) is 1. The van der Waals surface area contributed by atoms with E-state index in [9.17, 15) is 4.79 Å². The summed E-state index contributed by atoms with van der Waals surface area (Å²) < 4.78 is 10.6. The molecule has 0 spiro atoms. The highest BCUT2D eigenvalue weighted by atomic mass is 16.5. The van der Waals surface area contributed by atoms with Gasteiger partial charge in [0.15, 0.2) is 11.5 Å². The van der Waals surface area contributed by atoms with Gasteiger partial charge in [0.2, 0.25) is 0 Å². The van der Waals surface area contributed by atoms with Gasteiger partial charge in [-0.25, -0.2) is 0 Å². The molecule has 0 aliphatic carbocycles. The van der Waals surface area contributed by atoms with Gasteiger partial charge in [-0.15, -0.1) is 0 Å². The van der Waals surface area contributed by atoms with Crippen LogP contribution in [0.1, 0.15) is 24.0 Å². The first-order chi connectivity index (χ1) is 12.1. The summed E-state index contributed by atoms with van der Waals surface area (Å²) in [6.07, 6.45) is 1.52. The Morgan fingerprint density at radius 1 is 1.04 bits per heavy atom. The van der Waals surface area contributed by atoms with E-state index < -0.39 is 5.97 Å². The Labute approximate surface area is 148 Å². The van der Waals surface area contributed by atoms with Crippen molar-refractivity contribution in [2.24, 2.45) is 0 Å². The van der Waals surface area contributed by atoms with Crippen molar-refractivity contribution in [3.8, 4) is 11.5 Å². The number of benzene rings is 2. The van der Waals surface area contributed by atoms with Gasteiger partial charge in [-0.1, -0.05) is 36.4 Å². The van der Waals surface area contributed by atoms with Crippen LogP contribution in [0.15, 0.2) is 48.5 Å². The van der Waals surface area contributed by atoms with Crippen molar-refractivity contribution in [3.63, 3.8) is 0 Å². The SMILES string of the molecule is COc1ccc(CNC(CCC(=O)O)Cc2ccccc2)cc1OC. The van der Waals surface area contributed by atoms with Crippen molar-refractivity contribution in [2.45, 2.75) is 31.8 Å². The summed E-state index contributed by atoms with van der Waals surface area (Å²) >= 11 is 0. The maximum Gasteiger partial charge on any atom is 0.303 e. The predicted molar refractivity (Wildman–Crippen MR) is 97.2 cm³/mol. The van der Waals surface area contributed by atoms with Gasteiger partial charge in [-0.3, -0.25) is 4.79 Å². The van der Waals surface area contributed by atoms with Gasteiger partial charge in [0, 0.05) is 19.0 Å². The van der Waals surface area contributed by atoms with Crippen LogP contribution in [0.25, 0.3) is 0 Å². The lowest BCUT2D eigenvalue weighted by molar-refractivity contribution is -0.137. The number of aliphatic carboxylic acids is 1. The number of methoxy groups -OCH3 is 2. The molecule has 2 rings (SSSR count). The molecule has 0 bridgehead atoms. The first kappa shape index (κ1) is 18.8. The van der Waals surface area contributed by atoms with Crippen LogP contribution >= 0.6 is 0 Å². The van der Waals surface area contributed by atoms with Gasteiger partial charge in [-0.05, 0) is 36.1 Å². The molecule has 134 valence electrons. The van der Waals surface area contributed by atoms with Gasteiger partial charge < -0.3 is 19.9 Å². The molecule has 0 saturated heterocycles. The molecule has 0 radical (unpaired) electrons. The van der Waals surface area contributed by atoms with Crippen molar-refractivity contribution >= 4 is 5.97 Å². The van der Waals surface area contributed by atoms with Crippen LogP contribution in [0.5, 0.6) is 11.5 Å². The van der Waals surface area contributed by atoms with Crippen molar-refractivity contribution in [2.75, 3.05) is 14.2 Å². The van der Waals surface area contributed by atoms with Gasteiger partial charge in [-0.2, -0.15) is 0 Å². The Morgan fingerprint density at radius 2 is 1.76 bits per heavy atom. The molecule has 0 aromatic heterocycles. The highest BCUT2D eigenvalue weighted by Crippen LogP contribution is 2.27. The first-order valence-electron chi connectivity index (χ1n) is 8.32. The van der Waals surface area contributed by atoms with Crippen LogP contribution in [0.3, 0.4) is 0 Å². The third-order valence-electron chi connectivity index (χ3n) is 4.07. The molecule has 2 aromatic carbocycles. The summed E-state index contributed by atoms with van der Waals surface area (Å²) in [5.41, 5.74) is 2.25. The van der Waals surface area contributed by atoms with Crippen molar-refractivity contribution in [3.05, 3.63) is 59.7 Å². The second-order valence-electron chi connectivity index (χ2n) is 5.89. The van der Waals surface area contributed by atoms with Crippen LogP contribution in [0.2, 0.25) is 0 Å². The molecule has 2 N–H and O–H groups in total. The number of ether oxygens (including phenoxy) is 2. The molecule has 0 saturated carbocycles. The van der Waals surface area contributed by atoms with E-state index in [1.807, 2.05) is 36.4 Å². The molecule has 0 amide bonds. The van der Waals surface area contributed by atoms with Gasteiger partial charge >= 0.3 is 5.97 Å². The molecular weight excluding hydrogens is 318 g/mol. The Balaban J connectivity index is 2.01. The third-order valence-corrected chi connectivity index (χ3v) is 4.07. The monoisotopic (exact) mass is 343 g/mol. The minimum atomic E-state index is -0.772. The lowest BCUT2D eigenvalue weighted by Gasteiger charge is -2.19. The zero-order chi connectivity index (χ0) is 18.1. The van der Waals surface area contributed by atoms with Gasteiger partial charge in [0.25, 0.3) is 0 Å². The van der Waals surface area contributed by atoms with Crippen molar-refractivity contribution in [1.82, 2.24) is 5.32 Å². The van der Waals surface area contributed by atoms with Crippen LogP contribution in [0, 0.1) is 0 Å². The summed E-state index contributed by atoms with van der Waals surface area (Å²) in [6, 6.07) is 16.0. The lowest BCUT2D eigenvalue weighted by Crippen LogP contribution is -2.31. The van der Waals surface area contributed by atoms with Gasteiger partial charge in [0.1, 0.15) is 0 Å². The Bertz CT molecular complexity index is 673. The summed E-state index contributed by atoms with van der Waals surface area (Å²) in [5, 5.41) is 12.5. The molecule has 0 aliphatic rings. The van der Waals surface area contributed by atoms with E-state index in [1.165, 1.54) is 5.56 Å². The predicted octanol–water partition coefficient (Wildman–Crippen LogP) is 3.27. The quantitative estimate of drug-likeness (QED) is 0.693. The maximum absolute atomic E-state index is 10.9. The van der Waals surface area contributed by atoms with E-state index in [1.54, 1.807) is 14.2 Å². The maximum atomic E-state index is 10.9. The topological polar surface area (TPSA) is 67.8 Å². The van der Waals surface area contributed by atoms with E-state index in [0.29, 0.717) is 24.5 Å². The van der Waals surface area contributed by atoms with Crippen LogP contribution < -0.4 is 14.8 Å². The minimum absolute atomic E-state index is 0.0894. The molecule has 2 aromatic rings. The highest BCUT2D eigenvalue weighted by Gasteiger charge is 2.12. The fourth-order valence-corrected chi connectivity index (χ4v) is 2.73. The number of carboxylic acid groups (broad SMARTS) is 1. The fourth-order valence-electron chi connectivity index (χ4n) is 2.73. The third kappa shape index (κ3) is 6.12. The summed E-state index contributed by atoms with van der Waals surface area (Å²) in [4.78, 5) is 10.9. The normalized spacial score (nSPS) is 11.8.